The van der Waals surface area contributed by atoms with Gasteiger partial charge in [0.25, 0.3) is 0 Å². The van der Waals surface area contributed by atoms with E-state index in [1.807, 2.05) is 54.9 Å². The molecule has 0 spiro atoms. The van der Waals surface area contributed by atoms with Gasteiger partial charge in [-0.05, 0) is 36.4 Å². The first kappa shape index (κ1) is 20.2. The lowest BCUT2D eigenvalue weighted by Gasteiger charge is -2.19. The van der Waals surface area contributed by atoms with Gasteiger partial charge in [0.2, 0.25) is 5.91 Å². The second-order valence-electron chi connectivity index (χ2n) is 6.26. The fraction of sp³-hybridized carbons (Fsp3) is 0.238. The Hall–Kier alpha value is -2.57. The number of hydrogen-bond acceptors (Lipinski definition) is 5. The van der Waals surface area contributed by atoms with E-state index in [0.717, 1.165) is 28.7 Å². The number of carbonyl (C=O) groups is 1. The number of amides is 1. The molecule has 0 unspecified atom stereocenters. The molecular formula is C21H22ClN3O2S. The van der Waals surface area contributed by atoms with Gasteiger partial charge in [0.1, 0.15) is 17.4 Å². The maximum absolute atomic E-state index is 12.1. The van der Waals surface area contributed by atoms with Crippen molar-refractivity contribution in [3.63, 3.8) is 0 Å². The fourth-order valence-corrected chi connectivity index (χ4v) is 3.40. The summed E-state index contributed by atoms with van der Waals surface area (Å²) in [5, 5.41) is 6.35. The maximum Gasteiger partial charge on any atom is 0.226 e. The zero-order valence-corrected chi connectivity index (χ0v) is 17.2. The molecule has 3 rings (SSSR count). The molecule has 1 aromatic heterocycles. The standard InChI is InChI=1S/C21H22ClN3O2S/c1-25(18-5-3-2-4-6-18)12-11-23-20(26)13-17-15-28-21(24-17)14-27-19-9-7-16(22)8-10-19/h2-10,15H,11-14H2,1H3,(H,23,26). The average molecular weight is 416 g/mol. The van der Waals surface area contributed by atoms with Crippen molar-refractivity contribution in [2.24, 2.45) is 0 Å². The van der Waals surface area contributed by atoms with Gasteiger partial charge in [0, 0.05) is 36.2 Å². The summed E-state index contributed by atoms with van der Waals surface area (Å²) >= 11 is 7.35. The van der Waals surface area contributed by atoms with Crippen LogP contribution in [0.5, 0.6) is 5.75 Å². The molecular weight excluding hydrogens is 394 g/mol. The molecule has 28 heavy (non-hydrogen) atoms. The van der Waals surface area contributed by atoms with Crippen LogP contribution in [0.4, 0.5) is 5.69 Å². The van der Waals surface area contributed by atoms with E-state index in [2.05, 4.69) is 15.2 Å². The van der Waals surface area contributed by atoms with Crippen molar-refractivity contribution < 1.29 is 9.53 Å². The Labute approximate surface area is 173 Å². The molecule has 1 heterocycles. The Morgan fingerprint density at radius 1 is 1.18 bits per heavy atom. The van der Waals surface area contributed by atoms with Crippen molar-refractivity contribution in [2.75, 3.05) is 25.0 Å². The molecule has 0 aliphatic rings. The minimum absolute atomic E-state index is 0.0306. The number of thiazole rings is 1. The summed E-state index contributed by atoms with van der Waals surface area (Å²) in [5.74, 6) is 0.707. The highest BCUT2D eigenvalue weighted by atomic mass is 35.5. The largest absolute Gasteiger partial charge is 0.486 e. The highest BCUT2D eigenvalue weighted by Crippen LogP contribution is 2.18. The summed E-state index contributed by atoms with van der Waals surface area (Å²) in [4.78, 5) is 18.7. The molecule has 0 saturated carbocycles. The summed E-state index contributed by atoms with van der Waals surface area (Å²) in [7, 11) is 2.01. The molecule has 146 valence electrons. The molecule has 0 aliphatic heterocycles. The summed E-state index contributed by atoms with van der Waals surface area (Å²) in [6, 6.07) is 17.3. The number of carbonyl (C=O) groups excluding carboxylic acids is 1. The van der Waals surface area contributed by atoms with E-state index in [1.165, 1.54) is 11.3 Å². The monoisotopic (exact) mass is 415 g/mol. The number of ether oxygens (including phenoxy) is 1. The van der Waals surface area contributed by atoms with E-state index in [-0.39, 0.29) is 12.3 Å². The van der Waals surface area contributed by atoms with Crippen LogP contribution in [-0.2, 0) is 17.8 Å². The van der Waals surface area contributed by atoms with E-state index in [9.17, 15) is 4.79 Å². The smallest absolute Gasteiger partial charge is 0.226 e. The highest BCUT2D eigenvalue weighted by molar-refractivity contribution is 7.09. The normalized spacial score (nSPS) is 10.5. The summed E-state index contributed by atoms with van der Waals surface area (Å²) in [6.07, 6.45) is 0.270. The molecule has 1 N–H and O–H groups in total. The van der Waals surface area contributed by atoms with E-state index < -0.39 is 0 Å². The summed E-state index contributed by atoms with van der Waals surface area (Å²) in [6.45, 7) is 1.70. The minimum atomic E-state index is -0.0306. The van der Waals surface area contributed by atoms with Crippen LogP contribution in [0.3, 0.4) is 0 Å². The number of para-hydroxylation sites is 1. The summed E-state index contributed by atoms with van der Waals surface area (Å²) in [5.41, 5.74) is 1.88. The number of benzene rings is 2. The van der Waals surface area contributed by atoms with Crippen molar-refractivity contribution >= 4 is 34.5 Å². The third-order valence-corrected chi connectivity index (χ3v) is 5.21. The van der Waals surface area contributed by atoms with Gasteiger partial charge in [-0.15, -0.1) is 11.3 Å². The zero-order valence-electron chi connectivity index (χ0n) is 15.6. The van der Waals surface area contributed by atoms with Crippen molar-refractivity contribution in [2.45, 2.75) is 13.0 Å². The molecule has 7 heteroatoms. The zero-order chi connectivity index (χ0) is 19.8. The molecule has 0 radical (unpaired) electrons. The minimum Gasteiger partial charge on any atom is -0.486 e. The number of hydrogen-bond donors (Lipinski definition) is 1. The lowest BCUT2D eigenvalue weighted by molar-refractivity contribution is -0.120. The molecule has 1 amide bonds. The first-order valence-corrected chi connectivity index (χ1v) is 10.2. The predicted octanol–water partition coefficient (Wildman–Crippen LogP) is 4.17. The van der Waals surface area contributed by atoms with Gasteiger partial charge >= 0.3 is 0 Å². The van der Waals surface area contributed by atoms with E-state index in [1.54, 1.807) is 12.1 Å². The number of likely N-dealkylation sites (N-methyl/N-ethyl adjacent to an activating group) is 1. The molecule has 0 saturated heterocycles. The number of nitrogens with one attached hydrogen (secondary N) is 1. The first-order chi connectivity index (χ1) is 13.6. The van der Waals surface area contributed by atoms with Gasteiger partial charge in [-0.3, -0.25) is 4.79 Å². The molecule has 5 nitrogen and oxygen atoms in total. The van der Waals surface area contributed by atoms with E-state index in [0.29, 0.717) is 18.2 Å². The van der Waals surface area contributed by atoms with Gasteiger partial charge in [0.15, 0.2) is 0 Å². The van der Waals surface area contributed by atoms with Crippen LogP contribution in [0.15, 0.2) is 60.0 Å². The van der Waals surface area contributed by atoms with Crippen LogP contribution in [0.25, 0.3) is 0 Å². The Balaban J connectivity index is 1.39. The van der Waals surface area contributed by atoms with Crippen molar-refractivity contribution in [1.29, 1.82) is 0 Å². The Morgan fingerprint density at radius 2 is 1.93 bits per heavy atom. The predicted molar refractivity (Wildman–Crippen MR) is 114 cm³/mol. The number of aromatic nitrogens is 1. The molecule has 0 fully saturated rings. The Morgan fingerprint density at radius 3 is 2.68 bits per heavy atom. The van der Waals surface area contributed by atoms with Crippen molar-refractivity contribution in [3.8, 4) is 5.75 Å². The molecule has 0 aliphatic carbocycles. The lowest BCUT2D eigenvalue weighted by atomic mass is 10.3. The molecule has 0 atom stereocenters. The van der Waals surface area contributed by atoms with E-state index in [4.69, 9.17) is 16.3 Å². The third kappa shape index (κ3) is 6.25. The highest BCUT2D eigenvalue weighted by Gasteiger charge is 2.09. The maximum atomic E-state index is 12.1. The van der Waals surface area contributed by atoms with Crippen LogP contribution in [0.2, 0.25) is 5.02 Å². The quantitative estimate of drug-likeness (QED) is 0.569. The molecule has 2 aromatic carbocycles. The fourth-order valence-electron chi connectivity index (χ4n) is 2.57. The van der Waals surface area contributed by atoms with Crippen molar-refractivity contribution in [3.05, 3.63) is 75.7 Å². The SMILES string of the molecule is CN(CCNC(=O)Cc1csc(COc2ccc(Cl)cc2)n1)c1ccccc1. The molecule has 3 aromatic rings. The van der Waals surface area contributed by atoms with Crippen LogP contribution in [0.1, 0.15) is 10.7 Å². The van der Waals surface area contributed by atoms with Gasteiger partial charge in [-0.2, -0.15) is 0 Å². The second-order valence-corrected chi connectivity index (χ2v) is 7.64. The Bertz CT molecular complexity index is 884. The van der Waals surface area contributed by atoms with Gasteiger partial charge in [0.05, 0.1) is 12.1 Å². The number of halogens is 1. The van der Waals surface area contributed by atoms with E-state index >= 15 is 0 Å². The van der Waals surface area contributed by atoms with Crippen molar-refractivity contribution in [1.82, 2.24) is 10.3 Å². The number of anilines is 1. The van der Waals surface area contributed by atoms with Crippen LogP contribution < -0.4 is 15.0 Å². The summed E-state index contributed by atoms with van der Waals surface area (Å²) < 4.78 is 5.68. The van der Waals surface area contributed by atoms with Crippen LogP contribution in [-0.4, -0.2) is 31.0 Å². The molecule has 0 bridgehead atoms. The van der Waals surface area contributed by atoms with Crippen LogP contribution in [0, 0.1) is 0 Å². The number of rotatable bonds is 9. The topological polar surface area (TPSA) is 54.5 Å². The van der Waals surface area contributed by atoms with Crippen LogP contribution >= 0.6 is 22.9 Å². The van der Waals surface area contributed by atoms with Gasteiger partial charge in [-0.1, -0.05) is 29.8 Å². The first-order valence-electron chi connectivity index (χ1n) is 8.94. The Kier molecular flexibility index (Phi) is 7.28. The van der Waals surface area contributed by atoms with Gasteiger partial charge < -0.3 is 15.0 Å². The third-order valence-electron chi connectivity index (χ3n) is 4.08. The number of nitrogens with zero attached hydrogens (tertiary/aromatic N) is 2. The average Bonchev–Trinajstić information content (AvgIpc) is 3.15. The van der Waals surface area contributed by atoms with Gasteiger partial charge in [-0.25, -0.2) is 4.98 Å². The lowest BCUT2D eigenvalue weighted by Crippen LogP contribution is -2.33. The second kappa shape index (κ2) is 10.1.